The summed E-state index contributed by atoms with van der Waals surface area (Å²) < 4.78 is 28.9. The van der Waals surface area contributed by atoms with Gasteiger partial charge in [-0.1, -0.05) is 27.7 Å². The molecule has 2 aromatic heterocycles. The van der Waals surface area contributed by atoms with E-state index < -0.39 is 6.61 Å². The molecule has 182 valence electrons. The van der Waals surface area contributed by atoms with E-state index in [0.29, 0.717) is 40.2 Å². The Morgan fingerprint density at radius 3 is 2.36 bits per heavy atom. The second-order valence-corrected chi connectivity index (χ2v) is 8.55. The van der Waals surface area contributed by atoms with Gasteiger partial charge in [0.1, 0.15) is 11.6 Å². The number of hydrogen-bond acceptors (Lipinski definition) is 8. The number of nitrogens with zero attached hydrogens (tertiary/aromatic N) is 2. The Balaban J connectivity index is 0.000000508. The fourth-order valence-corrected chi connectivity index (χ4v) is 3.61. The fourth-order valence-electron chi connectivity index (χ4n) is 2.51. The van der Waals surface area contributed by atoms with Crippen molar-refractivity contribution in [3.8, 4) is 5.75 Å². The summed E-state index contributed by atoms with van der Waals surface area (Å²) >= 11 is 2.01. The van der Waals surface area contributed by atoms with Gasteiger partial charge in [0.2, 0.25) is 0 Å². The summed E-state index contributed by atoms with van der Waals surface area (Å²) in [6, 6.07) is 2.90. The minimum atomic E-state index is -2.95. The highest BCUT2D eigenvalue weighted by atomic mass is 32.2. The number of nitrogens with one attached hydrogen (secondary N) is 3. The van der Waals surface area contributed by atoms with Gasteiger partial charge in [-0.25, -0.2) is 4.98 Å². The molecule has 0 aliphatic carbocycles. The van der Waals surface area contributed by atoms with E-state index in [4.69, 9.17) is 5.41 Å². The van der Waals surface area contributed by atoms with Crippen LogP contribution in [0.1, 0.15) is 50.5 Å². The van der Waals surface area contributed by atoms with Gasteiger partial charge in [0.25, 0.3) is 0 Å². The summed E-state index contributed by atoms with van der Waals surface area (Å²) in [6.07, 6.45) is 4.58. The molecule has 0 radical (unpaired) electrons. The van der Waals surface area contributed by atoms with Crippen LogP contribution in [-0.2, 0) is 0 Å². The molecule has 0 bridgehead atoms. The maximum absolute atomic E-state index is 12.3. The van der Waals surface area contributed by atoms with Gasteiger partial charge in [-0.15, -0.1) is 0 Å². The molecule has 33 heavy (non-hydrogen) atoms. The molecule has 0 amide bonds. The minimum absolute atomic E-state index is 0.0825. The van der Waals surface area contributed by atoms with Crippen molar-refractivity contribution in [1.29, 1.82) is 5.41 Å². The van der Waals surface area contributed by atoms with Crippen LogP contribution >= 0.6 is 11.8 Å². The zero-order chi connectivity index (χ0) is 25.0. The first-order valence-electron chi connectivity index (χ1n) is 10.6. The fraction of sp³-hybridized carbons (Fsp3) is 0.478. The van der Waals surface area contributed by atoms with Crippen molar-refractivity contribution in [3.05, 3.63) is 41.9 Å². The highest BCUT2D eigenvalue weighted by Gasteiger charge is 2.29. The predicted molar refractivity (Wildman–Crippen MR) is 132 cm³/mol. The Bertz CT molecular complexity index is 903. The van der Waals surface area contributed by atoms with Gasteiger partial charge in [0.15, 0.2) is 6.29 Å². The summed E-state index contributed by atoms with van der Waals surface area (Å²) in [4.78, 5) is 18.9. The Kier molecular flexibility index (Phi) is 11.9. The van der Waals surface area contributed by atoms with Gasteiger partial charge in [-0.05, 0) is 26.0 Å². The highest BCUT2D eigenvalue weighted by Crippen LogP contribution is 2.27. The number of hydrogen-bond donors (Lipinski definition) is 3. The van der Waals surface area contributed by atoms with Gasteiger partial charge in [0, 0.05) is 46.1 Å². The van der Waals surface area contributed by atoms with Crippen LogP contribution in [0, 0.1) is 11.3 Å². The molecular weight excluding hydrogens is 448 g/mol. The number of anilines is 2. The lowest BCUT2D eigenvalue weighted by Gasteiger charge is -2.37. The largest absolute Gasteiger partial charge is 0.433 e. The normalized spacial score (nSPS) is 13.6. The Labute approximate surface area is 198 Å². The van der Waals surface area contributed by atoms with Gasteiger partial charge in [0.05, 0.1) is 18.1 Å². The first-order chi connectivity index (χ1) is 15.7. The number of rotatable bonds is 8. The molecule has 1 fully saturated rings. The van der Waals surface area contributed by atoms with Crippen LogP contribution in [-0.4, -0.2) is 52.7 Å². The maximum atomic E-state index is 12.3. The summed E-state index contributed by atoms with van der Waals surface area (Å²) in [5, 5.41) is 14.3. The molecule has 0 atom stereocenters. The molecule has 3 rings (SSSR count). The SMILES string of the molecule is CC.CC(C)C(=N)c1cc(C=O)cnc1Nc1cncc(OC(F)F)c1.CNC1(C)CSC1. The number of halogens is 2. The highest BCUT2D eigenvalue weighted by molar-refractivity contribution is 8.00. The van der Waals surface area contributed by atoms with Crippen LogP contribution < -0.4 is 15.4 Å². The minimum Gasteiger partial charge on any atom is -0.433 e. The third-order valence-corrected chi connectivity index (χ3v) is 6.24. The number of alkyl halides is 2. The van der Waals surface area contributed by atoms with Crippen molar-refractivity contribution < 1.29 is 18.3 Å². The molecule has 0 unspecified atom stereocenters. The van der Waals surface area contributed by atoms with E-state index in [1.165, 1.54) is 30.0 Å². The van der Waals surface area contributed by atoms with Crippen molar-refractivity contribution in [2.24, 2.45) is 5.92 Å². The smallest absolute Gasteiger partial charge is 0.387 e. The summed E-state index contributed by atoms with van der Waals surface area (Å²) in [5.74, 6) is 2.71. The van der Waals surface area contributed by atoms with Crippen LogP contribution in [0.3, 0.4) is 0 Å². The number of carbonyl (C=O) groups excluding carboxylic acids is 1. The van der Waals surface area contributed by atoms with Crippen LogP contribution in [0.2, 0.25) is 0 Å². The van der Waals surface area contributed by atoms with Gasteiger partial charge in [-0.2, -0.15) is 20.5 Å². The summed E-state index contributed by atoms with van der Waals surface area (Å²) in [5.41, 5.74) is 1.94. The van der Waals surface area contributed by atoms with E-state index >= 15 is 0 Å². The molecule has 0 aromatic carbocycles. The number of ether oxygens (including phenoxy) is 1. The van der Waals surface area contributed by atoms with Gasteiger partial charge < -0.3 is 20.8 Å². The number of carbonyl (C=O) groups is 1. The zero-order valence-corrected chi connectivity index (χ0v) is 20.7. The number of aldehydes is 1. The second kappa shape index (κ2) is 13.8. The van der Waals surface area contributed by atoms with Crippen molar-refractivity contribution in [1.82, 2.24) is 15.3 Å². The Hall–Kier alpha value is -2.59. The molecule has 10 heteroatoms. The molecule has 2 aromatic rings. The molecule has 1 aliphatic rings. The molecule has 3 N–H and O–H groups in total. The van der Waals surface area contributed by atoms with Crippen LogP contribution in [0.5, 0.6) is 5.75 Å². The first kappa shape index (κ1) is 28.4. The molecule has 3 heterocycles. The quantitative estimate of drug-likeness (QED) is 0.343. The third-order valence-electron chi connectivity index (χ3n) is 4.56. The monoisotopic (exact) mass is 481 g/mol. The average Bonchev–Trinajstić information content (AvgIpc) is 2.78. The van der Waals surface area contributed by atoms with Gasteiger partial charge in [-0.3, -0.25) is 9.78 Å². The van der Waals surface area contributed by atoms with Crippen LogP contribution in [0.4, 0.5) is 20.3 Å². The molecule has 1 saturated heterocycles. The number of pyridine rings is 2. The van der Waals surface area contributed by atoms with Crippen LogP contribution in [0.15, 0.2) is 30.7 Å². The Morgan fingerprint density at radius 2 is 1.91 bits per heavy atom. The van der Waals surface area contributed by atoms with E-state index in [9.17, 15) is 13.6 Å². The van der Waals surface area contributed by atoms with Crippen LogP contribution in [0.25, 0.3) is 0 Å². The van der Waals surface area contributed by atoms with Gasteiger partial charge >= 0.3 is 6.61 Å². The van der Waals surface area contributed by atoms with Crippen molar-refractivity contribution >= 4 is 35.3 Å². The van der Waals surface area contributed by atoms with E-state index in [-0.39, 0.29) is 11.7 Å². The second-order valence-electron chi connectivity index (χ2n) is 7.57. The van der Waals surface area contributed by atoms with E-state index in [0.717, 1.165) is 6.20 Å². The van der Waals surface area contributed by atoms with E-state index in [1.807, 2.05) is 46.5 Å². The van der Waals surface area contributed by atoms with Crippen molar-refractivity contribution in [2.45, 2.75) is 46.8 Å². The maximum Gasteiger partial charge on any atom is 0.387 e. The average molecular weight is 482 g/mol. The number of aromatic nitrogens is 2. The lowest BCUT2D eigenvalue weighted by atomic mass is 9.99. The Morgan fingerprint density at radius 1 is 1.24 bits per heavy atom. The first-order valence-corrected chi connectivity index (χ1v) is 11.8. The standard InChI is InChI=1S/C16H16F2N4O2.C5H11NS.C2H6/c1-9(2)14(19)13-3-10(8-23)5-21-15(13)22-11-4-12(7-20-6-11)24-16(17)18;1-5(6-2)3-7-4-5;1-2/h3-9,16,19H,1-2H3,(H,21,22);6H,3-4H2,1-2H3;1-2H3. The van der Waals surface area contributed by atoms with Crippen molar-refractivity contribution in [3.63, 3.8) is 0 Å². The lowest BCUT2D eigenvalue weighted by molar-refractivity contribution is -0.0500. The van der Waals surface area contributed by atoms with Crippen molar-refractivity contribution in [2.75, 3.05) is 23.9 Å². The topological polar surface area (TPSA) is 100.0 Å². The summed E-state index contributed by atoms with van der Waals surface area (Å²) in [7, 11) is 2.03. The molecule has 7 nitrogen and oxygen atoms in total. The predicted octanol–water partition coefficient (Wildman–Crippen LogP) is 5.40. The summed E-state index contributed by atoms with van der Waals surface area (Å²) in [6.45, 7) is 7.00. The number of thioether (sulfide) groups is 1. The zero-order valence-electron chi connectivity index (χ0n) is 19.9. The molecule has 1 aliphatic heterocycles. The molecule has 0 spiro atoms. The van der Waals surface area contributed by atoms with E-state index in [2.05, 4.69) is 32.3 Å². The third kappa shape index (κ3) is 9.05. The van der Waals surface area contributed by atoms with E-state index in [1.54, 1.807) is 6.07 Å². The molecular formula is C23H33F2N5O2S. The molecule has 0 saturated carbocycles. The lowest BCUT2D eigenvalue weighted by Crippen LogP contribution is -2.51.